The van der Waals surface area contributed by atoms with Gasteiger partial charge in [0.15, 0.2) is 12.6 Å². The van der Waals surface area contributed by atoms with Crippen molar-refractivity contribution < 1.29 is 23.5 Å². The van der Waals surface area contributed by atoms with E-state index in [1.54, 1.807) is 12.1 Å². The molecule has 0 bridgehead atoms. The number of nitrogens with zero attached hydrogens (tertiary/aromatic N) is 1. The monoisotopic (exact) mass is 727 g/mol. The van der Waals surface area contributed by atoms with Gasteiger partial charge in [0.25, 0.3) is 5.91 Å². The van der Waals surface area contributed by atoms with Crippen LogP contribution in [0.3, 0.4) is 0 Å². The minimum Gasteiger partial charge on any atom is -0.493 e. The van der Waals surface area contributed by atoms with Gasteiger partial charge in [-0.2, -0.15) is 0 Å². The fraction of sp³-hybridized carbons (Fsp3) is 0.293. The third-order valence-corrected chi connectivity index (χ3v) is 8.57. The highest BCUT2D eigenvalue weighted by molar-refractivity contribution is 6.09. The van der Waals surface area contributed by atoms with E-state index in [-0.39, 0.29) is 36.7 Å². The maximum atomic E-state index is 13.5. The van der Waals surface area contributed by atoms with Crippen molar-refractivity contribution in [3.63, 3.8) is 0 Å². The zero-order valence-corrected chi connectivity index (χ0v) is 30.4. The normalized spacial score (nSPS) is 11.5. The molecule has 52 heavy (non-hydrogen) atoms. The van der Waals surface area contributed by atoms with Crippen molar-refractivity contribution in [2.45, 2.75) is 45.6 Å². The van der Waals surface area contributed by atoms with Crippen LogP contribution in [0.15, 0.2) is 102 Å². The van der Waals surface area contributed by atoms with Gasteiger partial charge in [-0.25, -0.2) is 4.39 Å². The summed E-state index contributed by atoms with van der Waals surface area (Å²) in [6.07, 6.45) is 2.17. The lowest BCUT2D eigenvalue weighted by Crippen LogP contribution is -2.48. The number of benzene rings is 5. The van der Waals surface area contributed by atoms with E-state index in [0.29, 0.717) is 50.6 Å². The Morgan fingerprint density at radius 3 is 1.98 bits per heavy atom. The zero-order valence-electron chi connectivity index (χ0n) is 29.6. The van der Waals surface area contributed by atoms with E-state index in [9.17, 15) is 14.0 Å². The Balaban J connectivity index is 0.00000605. The van der Waals surface area contributed by atoms with Gasteiger partial charge in [0.05, 0.1) is 6.61 Å². The number of halogens is 2. The first kappa shape index (κ1) is 39.4. The van der Waals surface area contributed by atoms with E-state index in [0.717, 1.165) is 50.4 Å². The van der Waals surface area contributed by atoms with E-state index in [4.69, 9.17) is 20.9 Å². The summed E-state index contributed by atoms with van der Waals surface area (Å²) in [4.78, 5) is 30.7. The van der Waals surface area contributed by atoms with Gasteiger partial charge in [-0.05, 0) is 83.0 Å². The van der Waals surface area contributed by atoms with Crippen molar-refractivity contribution in [1.82, 2.24) is 10.6 Å². The van der Waals surface area contributed by atoms with Crippen molar-refractivity contribution in [3.8, 4) is 22.6 Å². The molecule has 0 spiro atoms. The third kappa shape index (κ3) is 10.8. The van der Waals surface area contributed by atoms with Crippen LogP contribution in [0.5, 0.6) is 11.5 Å². The number of fused-ring (bicyclic) bond motifs is 2. The Bertz CT molecular complexity index is 1980. The third-order valence-electron chi connectivity index (χ3n) is 8.57. The van der Waals surface area contributed by atoms with Crippen LogP contribution >= 0.6 is 12.4 Å². The molecule has 0 saturated heterocycles. The van der Waals surface area contributed by atoms with Gasteiger partial charge in [0, 0.05) is 24.2 Å². The Kier molecular flexibility index (Phi) is 14.6. The molecule has 0 aliphatic rings. The van der Waals surface area contributed by atoms with Crippen LogP contribution in [0.2, 0.25) is 0 Å². The van der Waals surface area contributed by atoms with Crippen LogP contribution in [0.25, 0.3) is 32.7 Å². The molecule has 0 aliphatic carbocycles. The fourth-order valence-corrected chi connectivity index (χ4v) is 5.92. The number of ether oxygens (including phenoxy) is 2. The number of amides is 2. The minimum absolute atomic E-state index is 0. The number of rotatable bonds is 17. The topological polar surface area (TPSA) is 141 Å². The number of guanidine groups is 1. The number of hydrogen-bond acceptors (Lipinski definition) is 5. The SMILES string of the molecule is CC(C)CCOc1ccc2ccccc2c1-c1c(OCC(=O)N[C@H](CCCN=C(N)N)C(=O)NCCc2ccc(F)cc2)ccc2ccccc12.Cl. The van der Waals surface area contributed by atoms with Crippen molar-refractivity contribution in [1.29, 1.82) is 0 Å². The maximum absolute atomic E-state index is 13.5. The Morgan fingerprint density at radius 2 is 1.38 bits per heavy atom. The van der Waals surface area contributed by atoms with Crippen LogP contribution in [-0.2, 0) is 16.0 Å². The summed E-state index contributed by atoms with van der Waals surface area (Å²) >= 11 is 0. The second kappa shape index (κ2) is 19.3. The van der Waals surface area contributed by atoms with E-state index >= 15 is 0 Å². The number of carbonyl (C=O) groups is 2. The molecule has 9 nitrogen and oxygen atoms in total. The first-order chi connectivity index (χ1) is 24.7. The lowest BCUT2D eigenvalue weighted by Gasteiger charge is -2.21. The molecule has 0 heterocycles. The lowest BCUT2D eigenvalue weighted by atomic mass is 9.92. The molecule has 5 rings (SSSR count). The Morgan fingerprint density at radius 1 is 0.788 bits per heavy atom. The van der Waals surface area contributed by atoms with Gasteiger partial charge in [-0.3, -0.25) is 14.6 Å². The summed E-state index contributed by atoms with van der Waals surface area (Å²) in [5.74, 6) is 0.563. The Labute approximate surface area is 310 Å². The van der Waals surface area contributed by atoms with Gasteiger partial charge in [-0.15, -0.1) is 12.4 Å². The average Bonchev–Trinajstić information content (AvgIpc) is 3.12. The van der Waals surface area contributed by atoms with E-state index in [1.807, 2.05) is 54.6 Å². The van der Waals surface area contributed by atoms with E-state index < -0.39 is 11.9 Å². The highest BCUT2D eigenvalue weighted by Crippen LogP contribution is 2.45. The van der Waals surface area contributed by atoms with Crippen LogP contribution in [0, 0.1) is 11.7 Å². The summed E-state index contributed by atoms with van der Waals surface area (Å²) < 4.78 is 26.0. The summed E-state index contributed by atoms with van der Waals surface area (Å²) in [6, 6.07) is 29.3. The fourth-order valence-electron chi connectivity index (χ4n) is 5.92. The molecule has 0 radical (unpaired) electrons. The predicted octanol–water partition coefficient (Wildman–Crippen LogP) is 6.92. The number of hydrogen-bond donors (Lipinski definition) is 4. The lowest BCUT2D eigenvalue weighted by molar-refractivity contribution is -0.130. The minimum atomic E-state index is -0.849. The quantitative estimate of drug-likeness (QED) is 0.0466. The number of carbonyl (C=O) groups excluding carboxylic acids is 2. The van der Waals surface area contributed by atoms with Crippen LogP contribution in [-0.4, -0.2) is 50.1 Å². The number of nitrogens with two attached hydrogens (primary N) is 2. The molecule has 5 aromatic carbocycles. The molecule has 0 aromatic heterocycles. The molecule has 2 amide bonds. The smallest absolute Gasteiger partial charge is 0.258 e. The molecule has 6 N–H and O–H groups in total. The average molecular weight is 728 g/mol. The highest BCUT2D eigenvalue weighted by Gasteiger charge is 2.23. The number of nitrogens with one attached hydrogen (secondary N) is 2. The molecule has 1 atom stereocenters. The second-order valence-corrected chi connectivity index (χ2v) is 12.9. The summed E-state index contributed by atoms with van der Waals surface area (Å²) in [5, 5.41) is 9.76. The molecule has 0 saturated carbocycles. The molecule has 5 aromatic rings. The van der Waals surface area contributed by atoms with Crippen LogP contribution in [0.1, 0.15) is 38.7 Å². The second-order valence-electron chi connectivity index (χ2n) is 12.9. The summed E-state index contributed by atoms with van der Waals surface area (Å²) in [5.41, 5.74) is 13.5. The molecule has 274 valence electrons. The van der Waals surface area contributed by atoms with Crippen molar-refractivity contribution in [2.75, 3.05) is 26.3 Å². The van der Waals surface area contributed by atoms with Gasteiger partial charge in [0.1, 0.15) is 23.4 Å². The van der Waals surface area contributed by atoms with E-state index in [1.165, 1.54) is 12.1 Å². The molecule has 0 aliphatic heterocycles. The summed E-state index contributed by atoms with van der Waals surface area (Å²) in [6.45, 7) is 5.18. The van der Waals surface area contributed by atoms with Crippen molar-refractivity contribution in [2.24, 2.45) is 22.4 Å². The maximum Gasteiger partial charge on any atom is 0.258 e. The molecule has 11 heteroatoms. The molecule has 0 fully saturated rings. The van der Waals surface area contributed by atoms with Crippen molar-refractivity contribution in [3.05, 3.63) is 108 Å². The highest BCUT2D eigenvalue weighted by atomic mass is 35.5. The van der Waals surface area contributed by atoms with Crippen LogP contribution in [0.4, 0.5) is 4.39 Å². The zero-order chi connectivity index (χ0) is 36.2. The Hall–Kier alpha value is -5.35. The van der Waals surface area contributed by atoms with Gasteiger partial charge in [0.2, 0.25) is 5.91 Å². The van der Waals surface area contributed by atoms with E-state index in [2.05, 4.69) is 47.7 Å². The molecule has 0 unspecified atom stereocenters. The van der Waals surface area contributed by atoms with Gasteiger partial charge >= 0.3 is 0 Å². The molecular weight excluding hydrogens is 681 g/mol. The van der Waals surface area contributed by atoms with Gasteiger partial charge in [-0.1, -0.05) is 86.6 Å². The predicted molar refractivity (Wildman–Crippen MR) is 210 cm³/mol. The molecular formula is C41H47ClFN5O4. The van der Waals surface area contributed by atoms with Gasteiger partial charge < -0.3 is 31.6 Å². The standard InChI is InChI=1S/C41H46FN5O4.ClH/c1-27(2)22-25-50-35-19-15-29-8-3-5-10-32(29)38(35)39-33-11-6-4-9-30(33)16-20-36(39)51-26-37(48)47-34(12-7-23-46-41(43)44)40(49)45-24-21-28-13-17-31(42)18-14-28;/h3-6,8-11,13-20,27,34H,7,12,21-26H2,1-2H3,(H,45,49)(H,47,48)(H4,43,44,46);1H/t34-;/m1./s1. The largest absolute Gasteiger partial charge is 0.493 e. The first-order valence-corrected chi connectivity index (χ1v) is 17.4. The number of aliphatic imine (C=N–C) groups is 1. The van der Waals surface area contributed by atoms with Crippen LogP contribution < -0.4 is 31.6 Å². The summed E-state index contributed by atoms with van der Waals surface area (Å²) in [7, 11) is 0. The van der Waals surface area contributed by atoms with Crippen molar-refractivity contribution >= 4 is 51.7 Å². The first-order valence-electron chi connectivity index (χ1n) is 17.4.